The van der Waals surface area contributed by atoms with Crippen LogP contribution in [0.1, 0.15) is 36.8 Å². The summed E-state index contributed by atoms with van der Waals surface area (Å²) in [6.45, 7) is 0. The molecule has 0 spiro atoms. The van der Waals surface area contributed by atoms with Gasteiger partial charge < -0.3 is 9.47 Å². The number of benzene rings is 2. The van der Waals surface area contributed by atoms with Crippen molar-refractivity contribution in [2.24, 2.45) is 4.99 Å². The first-order valence-corrected chi connectivity index (χ1v) is 9.97. The first-order chi connectivity index (χ1) is 13.1. The van der Waals surface area contributed by atoms with E-state index in [1.165, 1.54) is 12.8 Å². The summed E-state index contributed by atoms with van der Waals surface area (Å²) in [4.78, 5) is 4.66. The molecule has 1 fully saturated rings. The maximum absolute atomic E-state index is 6.29. The molecular formula is C22H21Cl2NO2. The minimum Gasteiger partial charge on any atom is -0.493 e. The molecule has 0 radical (unpaired) electrons. The molecule has 140 valence electrons. The number of nitrogens with zero attached hydrogens (tertiary/aromatic N) is 1. The van der Waals surface area contributed by atoms with Crippen LogP contribution in [0.4, 0.5) is 5.69 Å². The summed E-state index contributed by atoms with van der Waals surface area (Å²) in [6, 6.07) is 9.67. The van der Waals surface area contributed by atoms with E-state index in [1.807, 2.05) is 42.5 Å². The molecule has 0 amide bonds. The molecule has 4 rings (SSSR count). The number of allylic oxidation sites excluding steroid dienone is 1. The highest BCUT2D eigenvalue weighted by atomic mass is 35.5. The molecule has 0 aromatic heterocycles. The van der Waals surface area contributed by atoms with Crippen LogP contribution in [0.2, 0.25) is 10.0 Å². The van der Waals surface area contributed by atoms with Crippen LogP contribution in [0.15, 0.2) is 41.4 Å². The van der Waals surface area contributed by atoms with Gasteiger partial charge in [-0.15, -0.1) is 0 Å². The van der Waals surface area contributed by atoms with Crippen molar-refractivity contribution in [3.63, 3.8) is 0 Å². The number of para-hydroxylation sites is 1. The van der Waals surface area contributed by atoms with Gasteiger partial charge in [0, 0.05) is 17.7 Å². The van der Waals surface area contributed by atoms with Crippen LogP contribution < -0.4 is 9.47 Å². The average Bonchev–Trinajstić information content (AvgIpc) is 3.30. The SMILES string of the molecule is COc1cccc(/C=C/C2=Nc3cc(Cl)c(Cl)cc3C2)c1OC1CCCC1. The molecule has 2 aliphatic rings. The van der Waals surface area contributed by atoms with E-state index in [1.54, 1.807) is 7.11 Å². The van der Waals surface area contributed by atoms with Crippen LogP contribution in [0.5, 0.6) is 11.5 Å². The third-order valence-corrected chi connectivity index (χ3v) is 5.75. The van der Waals surface area contributed by atoms with Gasteiger partial charge in [0.05, 0.1) is 28.9 Å². The van der Waals surface area contributed by atoms with Gasteiger partial charge in [-0.25, -0.2) is 0 Å². The van der Waals surface area contributed by atoms with E-state index < -0.39 is 0 Å². The summed E-state index contributed by atoms with van der Waals surface area (Å²) in [7, 11) is 1.68. The Kier molecular flexibility index (Phi) is 5.42. The third kappa shape index (κ3) is 3.99. The Balaban J connectivity index is 1.58. The van der Waals surface area contributed by atoms with Crippen molar-refractivity contribution in [3.05, 3.63) is 57.6 Å². The van der Waals surface area contributed by atoms with Gasteiger partial charge in [0.1, 0.15) is 0 Å². The monoisotopic (exact) mass is 401 g/mol. The second-order valence-electron chi connectivity index (χ2n) is 6.91. The van der Waals surface area contributed by atoms with E-state index in [9.17, 15) is 0 Å². The van der Waals surface area contributed by atoms with E-state index in [2.05, 4.69) is 4.99 Å². The van der Waals surface area contributed by atoms with Crippen LogP contribution in [0.3, 0.4) is 0 Å². The molecule has 1 aliphatic carbocycles. The summed E-state index contributed by atoms with van der Waals surface area (Å²) >= 11 is 12.2. The first kappa shape index (κ1) is 18.4. The molecule has 2 aromatic carbocycles. The van der Waals surface area contributed by atoms with E-state index >= 15 is 0 Å². The number of ether oxygens (including phenoxy) is 2. The van der Waals surface area contributed by atoms with Gasteiger partial charge in [0.25, 0.3) is 0 Å². The zero-order chi connectivity index (χ0) is 18.8. The summed E-state index contributed by atoms with van der Waals surface area (Å²) in [5, 5.41) is 1.10. The van der Waals surface area contributed by atoms with Gasteiger partial charge in [-0.3, -0.25) is 4.99 Å². The summed E-state index contributed by atoms with van der Waals surface area (Å²) < 4.78 is 11.8. The molecule has 0 atom stereocenters. The first-order valence-electron chi connectivity index (χ1n) is 9.21. The molecule has 1 heterocycles. The van der Waals surface area contributed by atoms with Crippen LogP contribution in [0, 0.1) is 0 Å². The summed E-state index contributed by atoms with van der Waals surface area (Å²) in [5.41, 5.74) is 3.95. The number of fused-ring (bicyclic) bond motifs is 1. The van der Waals surface area contributed by atoms with Crippen LogP contribution >= 0.6 is 23.2 Å². The summed E-state index contributed by atoms with van der Waals surface area (Å²) in [6.07, 6.45) is 9.74. The minimum absolute atomic E-state index is 0.269. The maximum Gasteiger partial charge on any atom is 0.168 e. The highest BCUT2D eigenvalue weighted by Crippen LogP contribution is 2.37. The molecule has 1 saturated carbocycles. The Morgan fingerprint density at radius 3 is 2.63 bits per heavy atom. The Labute approximate surface area is 169 Å². The molecule has 0 bridgehead atoms. The predicted molar refractivity (Wildman–Crippen MR) is 112 cm³/mol. The number of aliphatic imine (C=N–C) groups is 1. The van der Waals surface area contributed by atoms with Crippen LogP contribution in [-0.4, -0.2) is 18.9 Å². The van der Waals surface area contributed by atoms with Crippen molar-refractivity contribution < 1.29 is 9.47 Å². The van der Waals surface area contributed by atoms with Crippen LogP contribution in [0.25, 0.3) is 6.08 Å². The zero-order valence-corrected chi connectivity index (χ0v) is 16.7. The van der Waals surface area contributed by atoms with E-state index in [4.69, 9.17) is 32.7 Å². The van der Waals surface area contributed by atoms with Gasteiger partial charge in [-0.05, 0) is 61.6 Å². The van der Waals surface area contributed by atoms with Crippen molar-refractivity contribution in [1.29, 1.82) is 0 Å². The lowest BCUT2D eigenvalue weighted by molar-refractivity contribution is 0.200. The minimum atomic E-state index is 0.269. The topological polar surface area (TPSA) is 30.8 Å². The van der Waals surface area contributed by atoms with Crippen molar-refractivity contribution in [3.8, 4) is 11.5 Å². The fourth-order valence-electron chi connectivity index (χ4n) is 3.62. The van der Waals surface area contributed by atoms with Crippen molar-refractivity contribution in [2.45, 2.75) is 38.2 Å². The lowest BCUT2D eigenvalue weighted by Crippen LogP contribution is -2.12. The lowest BCUT2D eigenvalue weighted by atomic mass is 10.1. The molecule has 27 heavy (non-hydrogen) atoms. The number of hydrogen-bond acceptors (Lipinski definition) is 3. The van der Waals surface area contributed by atoms with Crippen molar-refractivity contribution in [1.82, 2.24) is 0 Å². The molecule has 0 unspecified atom stereocenters. The van der Waals surface area contributed by atoms with Crippen molar-refractivity contribution >= 4 is 40.7 Å². The standard InChI is InChI=1S/C22H21Cl2NO2/c1-26-21-8-4-5-14(22(21)27-17-6-2-3-7-17)9-10-16-11-15-12-18(23)19(24)13-20(15)25-16/h4-5,8-10,12-13,17H,2-3,6-7,11H2,1H3/b10-9+. The molecule has 5 heteroatoms. The van der Waals surface area contributed by atoms with Gasteiger partial charge >= 0.3 is 0 Å². The fourth-order valence-corrected chi connectivity index (χ4v) is 3.96. The second-order valence-corrected chi connectivity index (χ2v) is 7.73. The lowest BCUT2D eigenvalue weighted by Gasteiger charge is -2.18. The number of rotatable bonds is 5. The molecule has 0 N–H and O–H groups in total. The number of hydrogen-bond donors (Lipinski definition) is 0. The van der Waals surface area contributed by atoms with E-state index in [0.29, 0.717) is 10.0 Å². The number of methoxy groups -OCH3 is 1. The van der Waals surface area contributed by atoms with Gasteiger partial charge in [-0.2, -0.15) is 0 Å². The van der Waals surface area contributed by atoms with Gasteiger partial charge in [-0.1, -0.05) is 35.3 Å². The molecule has 0 saturated heterocycles. The zero-order valence-electron chi connectivity index (χ0n) is 15.2. The Morgan fingerprint density at radius 2 is 1.85 bits per heavy atom. The van der Waals surface area contributed by atoms with Gasteiger partial charge in [0.2, 0.25) is 0 Å². The largest absolute Gasteiger partial charge is 0.493 e. The Bertz CT molecular complexity index is 915. The average molecular weight is 402 g/mol. The maximum atomic E-state index is 6.29. The quantitative estimate of drug-likeness (QED) is 0.560. The summed E-state index contributed by atoms with van der Waals surface area (Å²) in [5.74, 6) is 1.57. The van der Waals surface area contributed by atoms with Gasteiger partial charge in [0.15, 0.2) is 11.5 Å². The molecule has 1 aliphatic heterocycles. The third-order valence-electron chi connectivity index (χ3n) is 5.03. The predicted octanol–water partition coefficient (Wildman–Crippen LogP) is 6.67. The normalized spacial score (nSPS) is 16.6. The van der Waals surface area contributed by atoms with E-state index in [-0.39, 0.29) is 6.10 Å². The van der Waals surface area contributed by atoms with E-state index in [0.717, 1.165) is 53.3 Å². The van der Waals surface area contributed by atoms with Crippen LogP contribution in [-0.2, 0) is 6.42 Å². The fraction of sp³-hybridized carbons (Fsp3) is 0.318. The number of halogens is 2. The highest BCUT2D eigenvalue weighted by molar-refractivity contribution is 6.42. The highest BCUT2D eigenvalue weighted by Gasteiger charge is 2.20. The Morgan fingerprint density at radius 1 is 1.07 bits per heavy atom. The molecular weight excluding hydrogens is 381 g/mol. The van der Waals surface area contributed by atoms with Crippen molar-refractivity contribution in [2.75, 3.05) is 7.11 Å². The molecule has 3 nitrogen and oxygen atoms in total. The second kappa shape index (κ2) is 7.95. The Hall–Kier alpha value is -1.97. The molecule has 2 aromatic rings. The smallest absolute Gasteiger partial charge is 0.168 e.